The van der Waals surface area contributed by atoms with Crippen molar-refractivity contribution in [1.29, 1.82) is 5.26 Å². The summed E-state index contributed by atoms with van der Waals surface area (Å²) in [6, 6.07) is 16.9. The zero-order valence-electron chi connectivity index (χ0n) is 18.0. The molecule has 0 unspecified atom stereocenters. The molecule has 3 aromatic carbocycles. The van der Waals surface area contributed by atoms with Crippen LogP contribution >= 0.6 is 11.6 Å². The first kappa shape index (κ1) is 23.1. The fourth-order valence-corrected chi connectivity index (χ4v) is 3.78. The van der Waals surface area contributed by atoms with E-state index in [2.05, 4.69) is 23.5 Å². The van der Waals surface area contributed by atoms with Gasteiger partial charge < -0.3 is 10.1 Å². The average molecular weight is 449 g/mol. The predicted octanol–water partition coefficient (Wildman–Crippen LogP) is 6.24. The maximum atomic E-state index is 13.1. The molecule has 0 aliphatic carbocycles. The van der Waals surface area contributed by atoms with Gasteiger partial charge in [0.25, 0.3) is 5.91 Å². The first-order chi connectivity index (χ1) is 15.3. The van der Waals surface area contributed by atoms with Crippen molar-refractivity contribution in [1.82, 2.24) is 0 Å². The molecule has 0 aliphatic heterocycles. The van der Waals surface area contributed by atoms with Crippen molar-refractivity contribution in [2.75, 3.05) is 12.4 Å². The Morgan fingerprint density at radius 1 is 1.12 bits per heavy atom. The van der Waals surface area contributed by atoms with E-state index in [-0.39, 0.29) is 5.57 Å². The van der Waals surface area contributed by atoms with Crippen LogP contribution in [0.15, 0.2) is 60.2 Å². The number of nitrogens with one attached hydrogen (secondary N) is 1. The van der Waals surface area contributed by atoms with Crippen LogP contribution in [0.3, 0.4) is 0 Å². The first-order valence-corrected chi connectivity index (χ1v) is 10.3. The minimum Gasteiger partial charge on any atom is -0.496 e. The summed E-state index contributed by atoms with van der Waals surface area (Å²) in [5.74, 6) is -0.450. The van der Waals surface area contributed by atoms with Gasteiger partial charge in [0, 0.05) is 22.7 Å². The summed E-state index contributed by atoms with van der Waals surface area (Å²) in [6.45, 7) is 4.09. The second kappa shape index (κ2) is 10.1. The monoisotopic (exact) mass is 448 g/mol. The average Bonchev–Trinajstić information content (AvgIpc) is 2.74. The number of nitriles is 1. The Bertz CT molecular complexity index is 1210. The molecule has 0 spiro atoms. The van der Waals surface area contributed by atoms with E-state index in [4.69, 9.17) is 16.3 Å². The van der Waals surface area contributed by atoms with Gasteiger partial charge >= 0.3 is 0 Å². The Hall–Kier alpha value is -3.62. The third-order valence-corrected chi connectivity index (χ3v) is 5.17. The molecule has 0 atom stereocenters. The van der Waals surface area contributed by atoms with Crippen molar-refractivity contribution in [2.24, 2.45) is 0 Å². The van der Waals surface area contributed by atoms with Crippen LogP contribution in [-0.4, -0.2) is 13.0 Å². The van der Waals surface area contributed by atoms with E-state index in [0.29, 0.717) is 28.4 Å². The molecule has 32 heavy (non-hydrogen) atoms. The summed E-state index contributed by atoms with van der Waals surface area (Å²) in [6.07, 6.45) is 2.03. The van der Waals surface area contributed by atoms with E-state index in [1.807, 2.05) is 19.9 Å². The molecule has 0 fully saturated rings. The van der Waals surface area contributed by atoms with E-state index in [1.165, 1.54) is 41.5 Å². The zero-order chi connectivity index (χ0) is 23.3. The highest BCUT2D eigenvalue weighted by molar-refractivity contribution is 6.31. The van der Waals surface area contributed by atoms with Crippen molar-refractivity contribution < 1.29 is 13.9 Å². The molecule has 3 aromatic rings. The fraction of sp³-hybridized carbons (Fsp3) is 0.154. The highest BCUT2D eigenvalue weighted by Gasteiger charge is 2.14. The molecule has 0 saturated carbocycles. The van der Waals surface area contributed by atoms with Gasteiger partial charge in [-0.05, 0) is 67.4 Å². The molecule has 0 aliphatic rings. The number of carbonyl (C=O) groups is 1. The van der Waals surface area contributed by atoms with Gasteiger partial charge in [0.15, 0.2) is 0 Å². The van der Waals surface area contributed by atoms with Gasteiger partial charge in [-0.15, -0.1) is 0 Å². The lowest BCUT2D eigenvalue weighted by atomic mass is 9.98. The third kappa shape index (κ3) is 5.75. The molecule has 0 saturated heterocycles. The Morgan fingerprint density at radius 3 is 2.38 bits per heavy atom. The minimum absolute atomic E-state index is 0.116. The predicted molar refractivity (Wildman–Crippen MR) is 125 cm³/mol. The van der Waals surface area contributed by atoms with Crippen molar-refractivity contribution in [3.63, 3.8) is 0 Å². The van der Waals surface area contributed by atoms with Gasteiger partial charge in [-0.3, -0.25) is 4.79 Å². The minimum atomic E-state index is -0.603. The van der Waals surface area contributed by atoms with Crippen molar-refractivity contribution in [2.45, 2.75) is 20.3 Å². The highest BCUT2D eigenvalue weighted by Crippen LogP contribution is 2.32. The number of hydrogen-bond donors (Lipinski definition) is 1. The van der Waals surface area contributed by atoms with Crippen LogP contribution in [-0.2, 0) is 11.2 Å². The second-order valence-corrected chi connectivity index (χ2v) is 7.89. The van der Waals surface area contributed by atoms with Gasteiger partial charge in [0.05, 0.1) is 7.11 Å². The van der Waals surface area contributed by atoms with Gasteiger partial charge in [0.1, 0.15) is 23.2 Å². The molecule has 0 bridgehead atoms. The van der Waals surface area contributed by atoms with Crippen LogP contribution in [0.4, 0.5) is 10.1 Å². The number of benzene rings is 3. The standard InChI is InChI=1S/C26H22ClFN2O2/c1-16-8-17(2)10-18(9-16)12-23-24(27)13-19(14-25(23)32-3)11-20(15-29)26(31)30-22-6-4-21(28)5-7-22/h4-11,13-14H,12H2,1-3H3,(H,30,31)/b20-11+. The van der Waals surface area contributed by atoms with Crippen LogP contribution in [0, 0.1) is 31.0 Å². The molecule has 162 valence electrons. The SMILES string of the molecule is COc1cc(/C=C(\C#N)C(=O)Nc2ccc(F)cc2)cc(Cl)c1Cc1cc(C)cc(C)c1. The number of halogens is 2. The topological polar surface area (TPSA) is 62.1 Å². The third-order valence-electron chi connectivity index (χ3n) is 4.84. The Balaban J connectivity index is 1.89. The van der Waals surface area contributed by atoms with Gasteiger partial charge in [-0.2, -0.15) is 5.26 Å². The summed E-state index contributed by atoms with van der Waals surface area (Å²) in [4.78, 5) is 12.5. The smallest absolute Gasteiger partial charge is 0.266 e. The second-order valence-electron chi connectivity index (χ2n) is 7.49. The van der Waals surface area contributed by atoms with Crippen molar-refractivity contribution in [3.05, 3.63) is 98.8 Å². The number of methoxy groups -OCH3 is 1. The maximum Gasteiger partial charge on any atom is 0.266 e. The molecule has 1 amide bonds. The summed E-state index contributed by atoms with van der Waals surface area (Å²) in [7, 11) is 1.55. The molecule has 1 N–H and O–H groups in total. The maximum absolute atomic E-state index is 13.1. The van der Waals surface area contributed by atoms with E-state index in [0.717, 1.165) is 11.1 Å². The van der Waals surface area contributed by atoms with Crippen LogP contribution in [0.2, 0.25) is 5.02 Å². The number of rotatable bonds is 6. The van der Waals surface area contributed by atoms with E-state index < -0.39 is 11.7 Å². The van der Waals surface area contributed by atoms with Gasteiger partial charge in [-0.1, -0.05) is 40.9 Å². The molecule has 0 radical (unpaired) electrons. The Labute approximate surface area is 191 Å². The molecule has 6 heteroatoms. The largest absolute Gasteiger partial charge is 0.496 e. The van der Waals surface area contributed by atoms with Crippen molar-refractivity contribution >= 4 is 29.3 Å². The summed E-state index contributed by atoms with van der Waals surface area (Å²) in [5.41, 5.74) is 5.10. The van der Waals surface area contributed by atoms with Crippen LogP contribution in [0.25, 0.3) is 6.08 Å². The summed E-state index contributed by atoms with van der Waals surface area (Å²) < 4.78 is 18.6. The lowest BCUT2D eigenvalue weighted by Crippen LogP contribution is -2.13. The number of hydrogen-bond acceptors (Lipinski definition) is 3. The first-order valence-electron chi connectivity index (χ1n) is 9.91. The number of nitrogens with zero attached hydrogens (tertiary/aromatic N) is 1. The Kier molecular flexibility index (Phi) is 7.29. The quantitative estimate of drug-likeness (QED) is 0.358. The number of anilines is 1. The molecule has 0 aromatic heterocycles. The Morgan fingerprint density at radius 2 is 1.78 bits per heavy atom. The molecule has 4 nitrogen and oxygen atoms in total. The number of carbonyl (C=O) groups excluding carboxylic acids is 1. The lowest BCUT2D eigenvalue weighted by molar-refractivity contribution is -0.112. The van der Waals surface area contributed by atoms with Gasteiger partial charge in [0.2, 0.25) is 0 Å². The summed E-state index contributed by atoms with van der Waals surface area (Å²) >= 11 is 6.57. The fourth-order valence-electron chi connectivity index (χ4n) is 3.49. The molecule has 0 heterocycles. The zero-order valence-corrected chi connectivity index (χ0v) is 18.8. The van der Waals surface area contributed by atoms with Crippen LogP contribution in [0.5, 0.6) is 5.75 Å². The number of aryl methyl sites for hydroxylation is 2. The van der Waals surface area contributed by atoms with Crippen molar-refractivity contribution in [3.8, 4) is 11.8 Å². The van der Waals surface area contributed by atoms with E-state index in [9.17, 15) is 14.4 Å². The lowest BCUT2D eigenvalue weighted by Gasteiger charge is -2.13. The van der Waals surface area contributed by atoms with E-state index >= 15 is 0 Å². The van der Waals surface area contributed by atoms with Crippen LogP contribution in [0.1, 0.15) is 27.8 Å². The molecular formula is C26H22ClFN2O2. The number of ether oxygens (including phenoxy) is 1. The van der Waals surface area contributed by atoms with E-state index in [1.54, 1.807) is 19.2 Å². The molecular weight excluding hydrogens is 427 g/mol. The van der Waals surface area contributed by atoms with Gasteiger partial charge in [-0.25, -0.2) is 4.39 Å². The van der Waals surface area contributed by atoms with Crippen LogP contribution < -0.4 is 10.1 Å². The molecule has 3 rings (SSSR count). The normalized spacial score (nSPS) is 11.1. The highest BCUT2D eigenvalue weighted by atomic mass is 35.5. The summed E-state index contributed by atoms with van der Waals surface area (Å²) in [5, 5.41) is 12.5. The number of amides is 1.